The molecule has 1 heteroatoms. The van der Waals surface area contributed by atoms with Gasteiger partial charge in [0, 0.05) is 8.99 Å². The highest BCUT2D eigenvalue weighted by molar-refractivity contribution is 14.1. The molecule has 0 saturated heterocycles. The predicted molar refractivity (Wildman–Crippen MR) is 180 cm³/mol. The smallest absolute Gasteiger partial charge is 0.0159 e. The normalized spacial score (nSPS) is 13.6. The molecule has 0 N–H and O–H groups in total. The van der Waals surface area contributed by atoms with Gasteiger partial charge in [0.05, 0.1) is 0 Å². The minimum atomic E-state index is -0.0359. The molecule has 7 aromatic carbocycles. The summed E-state index contributed by atoms with van der Waals surface area (Å²) >= 11 is 2.46. The van der Waals surface area contributed by atoms with Gasteiger partial charge < -0.3 is 0 Å². The average molecular weight is 623 g/mol. The Morgan fingerprint density at radius 3 is 1.93 bits per heavy atom. The molecule has 1 aliphatic rings. The number of hydrogen-bond donors (Lipinski definition) is 0. The van der Waals surface area contributed by atoms with E-state index >= 15 is 0 Å². The van der Waals surface area contributed by atoms with Gasteiger partial charge in [0.25, 0.3) is 0 Å². The summed E-state index contributed by atoms with van der Waals surface area (Å²) in [6.07, 6.45) is 0. The van der Waals surface area contributed by atoms with Crippen molar-refractivity contribution in [2.75, 3.05) is 0 Å². The molecular formula is C39H27I. The molecule has 40 heavy (non-hydrogen) atoms. The van der Waals surface area contributed by atoms with E-state index in [9.17, 15) is 0 Å². The van der Waals surface area contributed by atoms with Gasteiger partial charge in [0.15, 0.2) is 0 Å². The van der Waals surface area contributed by atoms with Crippen LogP contribution in [0.2, 0.25) is 0 Å². The van der Waals surface area contributed by atoms with Crippen LogP contribution < -0.4 is 0 Å². The van der Waals surface area contributed by atoms with E-state index in [0.29, 0.717) is 0 Å². The molecule has 0 fully saturated rings. The number of fused-ring (bicyclic) bond motifs is 6. The SMILES string of the molecule is CC1(C)c2ccccc2-c2ccc(-c3c4ccccc4c(-c4cccc5ccccc45)c4cc(I)ccc34)cc21. The van der Waals surface area contributed by atoms with Crippen molar-refractivity contribution in [3.8, 4) is 33.4 Å². The van der Waals surface area contributed by atoms with Gasteiger partial charge in [-0.05, 0) is 118 Å². The van der Waals surface area contributed by atoms with E-state index in [-0.39, 0.29) is 5.41 Å². The van der Waals surface area contributed by atoms with Gasteiger partial charge in [0.1, 0.15) is 0 Å². The zero-order valence-electron chi connectivity index (χ0n) is 22.5. The zero-order chi connectivity index (χ0) is 27.0. The number of hydrogen-bond acceptors (Lipinski definition) is 0. The molecule has 0 saturated carbocycles. The monoisotopic (exact) mass is 622 g/mol. The van der Waals surface area contributed by atoms with Crippen molar-refractivity contribution in [3.63, 3.8) is 0 Å². The van der Waals surface area contributed by atoms with E-state index in [1.54, 1.807) is 0 Å². The maximum Gasteiger partial charge on any atom is 0.0159 e. The van der Waals surface area contributed by atoms with Crippen molar-refractivity contribution in [2.24, 2.45) is 0 Å². The quantitative estimate of drug-likeness (QED) is 0.133. The summed E-state index contributed by atoms with van der Waals surface area (Å²) in [5, 5.41) is 7.77. The molecule has 0 spiro atoms. The van der Waals surface area contributed by atoms with E-state index in [0.717, 1.165) is 0 Å². The van der Waals surface area contributed by atoms with E-state index in [4.69, 9.17) is 0 Å². The van der Waals surface area contributed by atoms with Gasteiger partial charge in [-0.3, -0.25) is 0 Å². The second-order valence-corrected chi connectivity index (χ2v) is 12.7. The first-order valence-corrected chi connectivity index (χ1v) is 15.0. The van der Waals surface area contributed by atoms with Gasteiger partial charge in [-0.1, -0.05) is 123 Å². The molecule has 0 atom stereocenters. The van der Waals surface area contributed by atoms with Gasteiger partial charge in [-0.15, -0.1) is 0 Å². The molecule has 8 rings (SSSR count). The summed E-state index contributed by atoms with van der Waals surface area (Å²) in [7, 11) is 0. The molecule has 190 valence electrons. The Balaban J connectivity index is 1.49. The molecule has 0 aliphatic heterocycles. The van der Waals surface area contributed by atoms with Crippen molar-refractivity contribution in [1.29, 1.82) is 0 Å². The summed E-state index contributed by atoms with van der Waals surface area (Å²) < 4.78 is 1.25. The lowest BCUT2D eigenvalue weighted by molar-refractivity contribution is 0.660. The molecule has 0 radical (unpaired) electrons. The Labute approximate surface area is 248 Å². The highest BCUT2D eigenvalue weighted by atomic mass is 127. The highest BCUT2D eigenvalue weighted by Gasteiger charge is 2.35. The first-order chi connectivity index (χ1) is 19.5. The van der Waals surface area contributed by atoms with Gasteiger partial charge in [0.2, 0.25) is 0 Å². The third-order valence-corrected chi connectivity index (χ3v) is 9.59. The van der Waals surface area contributed by atoms with Crippen molar-refractivity contribution < 1.29 is 0 Å². The summed E-state index contributed by atoms with van der Waals surface area (Å²) in [5.74, 6) is 0. The maximum absolute atomic E-state index is 2.46. The summed E-state index contributed by atoms with van der Waals surface area (Å²) in [6, 6.07) is 47.4. The fourth-order valence-corrected chi connectivity index (χ4v) is 7.55. The van der Waals surface area contributed by atoms with Crippen LogP contribution in [0.4, 0.5) is 0 Å². The molecule has 0 bridgehead atoms. The van der Waals surface area contributed by atoms with Crippen LogP contribution in [-0.2, 0) is 5.41 Å². The lowest BCUT2D eigenvalue weighted by atomic mass is 9.80. The predicted octanol–water partition coefficient (Wildman–Crippen LogP) is 11.4. The summed E-state index contributed by atoms with van der Waals surface area (Å²) in [5.41, 5.74) is 10.7. The Kier molecular flexibility index (Phi) is 5.24. The van der Waals surface area contributed by atoms with E-state index < -0.39 is 0 Å². The first-order valence-electron chi connectivity index (χ1n) is 13.9. The average Bonchev–Trinajstić information content (AvgIpc) is 3.22. The second kappa shape index (κ2) is 8.78. The van der Waals surface area contributed by atoms with Crippen molar-refractivity contribution in [1.82, 2.24) is 0 Å². The van der Waals surface area contributed by atoms with E-state index in [1.165, 1.54) is 80.4 Å². The van der Waals surface area contributed by atoms with Gasteiger partial charge in [-0.2, -0.15) is 0 Å². The lowest BCUT2D eigenvalue weighted by Gasteiger charge is -2.23. The molecule has 0 aromatic heterocycles. The van der Waals surface area contributed by atoms with E-state index in [2.05, 4.69) is 164 Å². The summed E-state index contributed by atoms with van der Waals surface area (Å²) in [6.45, 7) is 4.73. The molecule has 7 aromatic rings. The Hall–Kier alpha value is -3.95. The molecule has 0 unspecified atom stereocenters. The fourth-order valence-electron chi connectivity index (χ4n) is 7.05. The second-order valence-electron chi connectivity index (χ2n) is 11.4. The number of benzene rings is 7. The minimum Gasteiger partial charge on any atom is -0.0619 e. The molecular weight excluding hydrogens is 595 g/mol. The van der Waals surface area contributed by atoms with Crippen molar-refractivity contribution >= 4 is 54.9 Å². The number of halogens is 1. The van der Waals surface area contributed by atoms with Crippen LogP contribution in [0, 0.1) is 3.57 Å². The van der Waals surface area contributed by atoms with Crippen molar-refractivity contribution in [2.45, 2.75) is 19.3 Å². The Bertz CT molecular complexity index is 2140. The van der Waals surface area contributed by atoms with Crippen LogP contribution in [0.25, 0.3) is 65.7 Å². The van der Waals surface area contributed by atoms with Crippen LogP contribution >= 0.6 is 22.6 Å². The maximum atomic E-state index is 2.46. The number of rotatable bonds is 2. The fraction of sp³-hybridized carbons (Fsp3) is 0.0769. The van der Waals surface area contributed by atoms with Gasteiger partial charge >= 0.3 is 0 Å². The van der Waals surface area contributed by atoms with E-state index in [1.807, 2.05) is 0 Å². The van der Waals surface area contributed by atoms with Crippen LogP contribution in [-0.4, -0.2) is 0 Å². The molecule has 0 amide bonds. The largest absolute Gasteiger partial charge is 0.0619 e. The topological polar surface area (TPSA) is 0 Å². The zero-order valence-corrected chi connectivity index (χ0v) is 24.7. The molecule has 1 aliphatic carbocycles. The Morgan fingerprint density at radius 2 is 1.07 bits per heavy atom. The third-order valence-electron chi connectivity index (χ3n) is 8.92. The van der Waals surface area contributed by atoms with Gasteiger partial charge in [-0.25, -0.2) is 0 Å². The third kappa shape index (κ3) is 3.37. The molecule has 0 heterocycles. The highest BCUT2D eigenvalue weighted by Crippen LogP contribution is 2.51. The Morgan fingerprint density at radius 1 is 0.450 bits per heavy atom. The van der Waals surface area contributed by atoms with Crippen molar-refractivity contribution in [3.05, 3.63) is 142 Å². The summed E-state index contributed by atoms with van der Waals surface area (Å²) in [4.78, 5) is 0. The molecule has 0 nitrogen and oxygen atoms in total. The van der Waals surface area contributed by atoms with Crippen LogP contribution in [0.5, 0.6) is 0 Å². The van der Waals surface area contributed by atoms with Crippen LogP contribution in [0.15, 0.2) is 127 Å². The lowest BCUT2D eigenvalue weighted by Crippen LogP contribution is -2.14. The van der Waals surface area contributed by atoms with Crippen LogP contribution in [0.1, 0.15) is 25.0 Å². The standard InChI is InChI=1S/C39H27I/c1-39(2)35-17-8-7-13-28(35)29-20-18-25(22-36(29)39)37-31-14-5-6-15-32(31)38(34-23-26(40)19-21-33(34)37)30-16-9-11-24-10-3-4-12-27(24)30/h3-23H,1-2H3. The minimum absolute atomic E-state index is 0.0359. The van der Waals surface area contributed by atoms with Crippen LogP contribution in [0.3, 0.4) is 0 Å². The first kappa shape index (κ1) is 23.9.